The van der Waals surface area contributed by atoms with Gasteiger partial charge in [-0.1, -0.05) is 140 Å². The Morgan fingerprint density at radius 1 is 0.391 bits per heavy atom. The minimum Gasteiger partial charge on any atom is -0.295 e. The van der Waals surface area contributed by atoms with Crippen LogP contribution in [0.3, 0.4) is 0 Å². The number of nitrogens with zero attached hydrogens (tertiary/aromatic N) is 2. The molecule has 2 heteroatoms. The molecule has 8 aromatic rings. The maximum absolute atomic E-state index is 4.79. The van der Waals surface area contributed by atoms with Gasteiger partial charge in [-0.15, -0.1) is 0 Å². The molecule has 0 aliphatic carbocycles. The molecule has 0 saturated heterocycles. The molecule has 0 N–H and O–H groups in total. The molecular formula is C44H32N2. The fraction of sp³-hybridized carbons (Fsp3) is 0.0227. The van der Waals surface area contributed by atoms with Crippen LogP contribution >= 0.6 is 0 Å². The van der Waals surface area contributed by atoms with Gasteiger partial charge in [0.05, 0.1) is 0 Å². The van der Waals surface area contributed by atoms with Crippen molar-refractivity contribution in [2.75, 3.05) is 4.90 Å². The van der Waals surface area contributed by atoms with Crippen LogP contribution in [0.25, 0.3) is 54.9 Å². The third-order valence-corrected chi connectivity index (χ3v) is 8.77. The molecule has 0 unspecified atom stereocenters. The van der Waals surface area contributed by atoms with E-state index < -0.39 is 0 Å². The lowest BCUT2D eigenvalue weighted by atomic mass is 9.84. The first-order chi connectivity index (χ1) is 22.8. The van der Waals surface area contributed by atoms with E-state index in [4.69, 9.17) is 4.98 Å². The quantitative estimate of drug-likeness (QED) is 0.180. The van der Waals surface area contributed by atoms with Crippen LogP contribution in [0.15, 0.2) is 176 Å². The van der Waals surface area contributed by atoms with Crippen LogP contribution in [0.4, 0.5) is 17.2 Å². The summed E-state index contributed by atoms with van der Waals surface area (Å²) in [7, 11) is 0. The predicted octanol–water partition coefficient (Wildman–Crippen LogP) is 12.2. The Bertz CT molecular complexity index is 2230. The molecule has 7 aromatic carbocycles. The Hall–Kier alpha value is -5.99. The van der Waals surface area contributed by atoms with Gasteiger partial charge in [0.2, 0.25) is 0 Å². The Morgan fingerprint density at radius 3 is 1.48 bits per heavy atom. The Morgan fingerprint density at radius 2 is 0.891 bits per heavy atom. The molecule has 0 amide bonds. The van der Waals surface area contributed by atoms with Gasteiger partial charge in [-0.2, -0.15) is 0 Å². The van der Waals surface area contributed by atoms with Gasteiger partial charge in [0.1, 0.15) is 5.82 Å². The lowest BCUT2D eigenvalue weighted by Gasteiger charge is -2.25. The summed E-state index contributed by atoms with van der Waals surface area (Å²) in [6.45, 7) is 2.07. The normalized spacial score (nSPS) is 11.2. The molecule has 0 fully saturated rings. The number of hydrogen-bond acceptors (Lipinski definition) is 2. The van der Waals surface area contributed by atoms with E-state index in [1.807, 2.05) is 12.3 Å². The summed E-state index contributed by atoms with van der Waals surface area (Å²) in [5, 5.41) is 4.98. The van der Waals surface area contributed by atoms with Crippen molar-refractivity contribution in [2.24, 2.45) is 0 Å². The van der Waals surface area contributed by atoms with Crippen LogP contribution in [0, 0.1) is 6.92 Å². The lowest BCUT2D eigenvalue weighted by molar-refractivity contribution is 1.16. The summed E-state index contributed by atoms with van der Waals surface area (Å²) in [5.74, 6) is 0.891. The van der Waals surface area contributed by atoms with Gasteiger partial charge in [0.15, 0.2) is 0 Å². The number of rotatable bonds is 6. The highest BCUT2D eigenvalue weighted by Crippen LogP contribution is 2.46. The third-order valence-electron chi connectivity index (χ3n) is 8.77. The SMILES string of the molecule is Cc1ccc(N(c2ccccc2)c2ccc(-c3c4ccccc4c(-c4ccccc4-c4ccccc4)c4ccccc34)cc2)nc1. The highest BCUT2D eigenvalue weighted by atomic mass is 15.2. The van der Waals surface area contributed by atoms with E-state index >= 15 is 0 Å². The zero-order valence-electron chi connectivity index (χ0n) is 25.6. The van der Waals surface area contributed by atoms with Crippen molar-refractivity contribution < 1.29 is 0 Å². The maximum Gasteiger partial charge on any atom is 0.137 e. The second-order valence-electron chi connectivity index (χ2n) is 11.7. The molecule has 8 rings (SSSR count). The fourth-order valence-electron chi connectivity index (χ4n) is 6.66. The Kier molecular flexibility index (Phi) is 7.09. The first-order valence-corrected chi connectivity index (χ1v) is 15.7. The molecule has 0 atom stereocenters. The second-order valence-corrected chi connectivity index (χ2v) is 11.7. The Labute approximate surface area is 269 Å². The average Bonchev–Trinajstić information content (AvgIpc) is 3.13. The zero-order valence-corrected chi connectivity index (χ0v) is 25.6. The number of aromatic nitrogens is 1. The summed E-state index contributed by atoms with van der Waals surface area (Å²) < 4.78 is 0. The summed E-state index contributed by atoms with van der Waals surface area (Å²) >= 11 is 0. The van der Waals surface area contributed by atoms with Crippen LogP contribution in [0.1, 0.15) is 5.56 Å². The number of anilines is 3. The van der Waals surface area contributed by atoms with Crippen molar-refractivity contribution in [3.63, 3.8) is 0 Å². The van der Waals surface area contributed by atoms with E-state index in [1.165, 1.54) is 54.9 Å². The number of aryl methyl sites for hydroxylation is 1. The Balaban J connectivity index is 1.33. The van der Waals surface area contributed by atoms with E-state index in [0.717, 1.165) is 22.8 Å². The minimum atomic E-state index is 0.891. The molecule has 2 nitrogen and oxygen atoms in total. The highest BCUT2D eigenvalue weighted by Gasteiger charge is 2.19. The third kappa shape index (κ3) is 4.91. The van der Waals surface area contributed by atoms with Crippen LogP contribution < -0.4 is 4.90 Å². The van der Waals surface area contributed by atoms with Crippen molar-refractivity contribution in [3.8, 4) is 33.4 Å². The second kappa shape index (κ2) is 11.8. The van der Waals surface area contributed by atoms with Crippen LogP contribution in [-0.2, 0) is 0 Å². The van der Waals surface area contributed by atoms with E-state index in [-0.39, 0.29) is 0 Å². The monoisotopic (exact) mass is 588 g/mol. The molecule has 1 heterocycles. The predicted molar refractivity (Wildman–Crippen MR) is 195 cm³/mol. The van der Waals surface area contributed by atoms with Gasteiger partial charge in [-0.3, -0.25) is 4.90 Å². The molecule has 0 aliphatic heterocycles. The van der Waals surface area contributed by atoms with Crippen LogP contribution in [0.5, 0.6) is 0 Å². The van der Waals surface area contributed by atoms with Gasteiger partial charge >= 0.3 is 0 Å². The first kappa shape index (κ1) is 27.6. The minimum absolute atomic E-state index is 0.891. The smallest absolute Gasteiger partial charge is 0.137 e. The number of benzene rings is 7. The molecule has 0 bridgehead atoms. The van der Waals surface area contributed by atoms with Gasteiger partial charge in [0, 0.05) is 17.6 Å². The number of para-hydroxylation sites is 1. The van der Waals surface area contributed by atoms with Crippen molar-refractivity contribution in [1.29, 1.82) is 0 Å². The molecule has 218 valence electrons. The molecule has 46 heavy (non-hydrogen) atoms. The van der Waals surface area contributed by atoms with Crippen molar-refractivity contribution in [3.05, 3.63) is 182 Å². The van der Waals surface area contributed by atoms with Gasteiger partial charge in [-0.05, 0) is 97.7 Å². The van der Waals surface area contributed by atoms with E-state index in [0.29, 0.717) is 0 Å². The van der Waals surface area contributed by atoms with Crippen molar-refractivity contribution in [2.45, 2.75) is 6.92 Å². The summed E-state index contributed by atoms with van der Waals surface area (Å²) in [6.07, 6.45) is 1.93. The highest BCUT2D eigenvalue weighted by molar-refractivity contribution is 6.22. The van der Waals surface area contributed by atoms with E-state index in [9.17, 15) is 0 Å². The van der Waals surface area contributed by atoms with Crippen LogP contribution in [0.2, 0.25) is 0 Å². The maximum atomic E-state index is 4.79. The van der Waals surface area contributed by atoms with Crippen LogP contribution in [-0.4, -0.2) is 4.98 Å². The topological polar surface area (TPSA) is 16.1 Å². The van der Waals surface area contributed by atoms with Gasteiger partial charge < -0.3 is 0 Å². The molecular weight excluding hydrogens is 556 g/mol. The van der Waals surface area contributed by atoms with Gasteiger partial charge in [-0.25, -0.2) is 4.98 Å². The van der Waals surface area contributed by atoms with E-state index in [1.54, 1.807) is 0 Å². The lowest BCUT2D eigenvalue weighted by Crippen LogP contribution is -2.11. The largest absolute Gasteiger partial charge is 0.295 e. The van der Waals surface area contributed by atoms with Crippen molar-refractivity contribution in [1.82, 2.24) is 4.98 Å². The molecule has 0 radical (unpaired) electrons. The molecule has 1 aromatic heterocycles. The zero-order chi connectivity index (χ0) is 30.9. The molecule has 0 spiro atoms. The number of fused-ring (bicyclic) bond motifs is 2. The number of pyridine rings is 1. The van der Waals surface area contributed by atoms with E-state index in [2.05, 4.69) is 176 Å². The summed E-state index contributed by atoms with van der Waals surface area (Å²) in [5.41, 5.74) is 10.7. The first-order valence-electron chi connectivity index (χ1n) is 15.7. The molecule has 0 aliphatic rings. The van der Waals surface area contributed by atoms with Crippen molar-refractivity contribution >= 4 is 38.7 Å². The molecule has 0 saturated carbocycles. The number of hydrogen-bond donors (Lipinski definition) is 0. The fourth-order valence-corrected chi connectivity index (χ4v) is 6.66. The average molecular weight is 589 g/mol. The van der Waals surface area contributed by atoms with Gasteiger partial charge in [0.25, 0.3) is 0 Å². The standard InChI is InChI=1S/C44H32N2/c1-31-24-29-42(45-30-31)46(34-16-6-3-7-17-34)35-27-25-33(26-28-35)43-38-20-10-12-22-40(38)44(41-23-13-11-21-39(41)43)37-19-9-8-18-36(37)32-14-4-2-5-15-32/h2-30H,1H3. The summed E-state index contributed by atoms with van der Waals surface area (Å²) in [4.78, 5) is 7.00. The summed E-state index contributed by atoms with van der Waals surface area (Å²) in [6, 6.07) is 60.8.